The highest BCUT2D eigenvalue weighted by Gasteiger charge is 2.43. The number of aliphatic hydroxyl groups is 3. The fourth-order valence-corrected chi connectivity index (χ4v) is 3.59. The molecule has 4 rings (SSSR count). The number of hydrogen-bond acceptors (Lipinski definition) is 10. The fourth-order valence-electron chi connectivity index (χ4n) is 3.59. The molecule has 1 saturated heterocycles. The van der Waals surface area contributed by atoms with Gasteiger partial charge in [-0.3, -0.25) is 4.79 Å². The Hall–Kier alpha value is -3.31. The normalized spacial score (nSPS) is 25.6. The molecule has 5 atom stereocenters. The molecule has 1 aliphatic rings. The maximum absolute atomic E-state index is 13.1. The molecule has 0 amide bonds. The van der Waals surface area contributed by atoms with Crippen molar-refractivity contribution in [3.05, 3.63) is 46.8 Å². The highest BCUT2D eigenvalue weighted by atomic mass is 16.7. The van der Waals surface area contributed by atoms with E-state index in [1.165, 1.54) is 50.6 Å². The maximum atomic E-state index is 13.1. The van der Waals surface area contributed by atoms with Crippen LogP contribution in [0.3, 0.4) is 0 Å². The minimum Gasteiger partial charge on any atom is -0.508 e. The van der Waals surface area contributed by atoms with Crippen LogP contribution in [0.4, 0.5) is 0 Å². The van der Waals surface area contributed by atoms with E-state index in [9.17, 15) is 30.3 Å². The highest BCUT2D eigenvalue weighted by molar-refractivity contribution is 5.91. The fraction of sp³-hybridized carbons (Fsp3) is 0.318. The molecule has 10 heteroatoms. The molecule has 0 aliphatic carbocycles. The van der Waals surface area contributed by atoms with Crippen LogP contribution in [0.15, 0.2) is 45.8 Å². The zero-order valence-corrected chi connectivity index (χ0v) is 17.1. The van der Waals surface area contributed by atoms with Gasteiger partial charge in [0.05, 0.1) is 18.8 Å². The number of aliphatic hydroxyl groups excluding tert-OH is 3. The standard InChI is InChI=1S/C22H22O10/c1-9-16(24)19(27)20(28)22(31-9)32-14-7-13-15(18(26)21(14)29-2)17(25)12(8-30-13)10-3-5-11(23)6-4-10/h3-9,16,19-20,22-24,26-28H,1-2H3/t9-,16-,19+,20-,22+/m1/s1. The van der Waals surface area contributed by atoms with E-state index in [2.05, 4.69) is 0 Å². The van der Waals surface area contributed by atoms with Crippen molar-refractivity contribution in [3.63, 3.8) is 0 Å². The van der Waals surface area contributed by atoms with Crippen LogP contribution >= 0.6 is 0 Å². The first-order valence-corrected chi connectivity index (χ1v) is 9.74. The number of phenolic OH excluding ortho intramolecular Hbond substituents is 2. The van der Waals surface area contributed by atoms with Crippen LogP contribution in [0, 0.1) is 0 Å². The largest absolute Gasteiger partial charge is 0.508 e. The van der Waals surface area contributed by atoms with E-state index in [0.29, 0.717) is 5.56 Å². The van der Waals surface area contributed by atoms with Gasteiger partial charge >= 0.3 is 0 Å². The number of fused-ring (bicyclic) bond motifs is 1. The van der Waals surface area contributed by atoms with E-state index < -0.39 is 41.9 Å². The summed E-state index contributed by atoms with van der Waals surface area (Å²) in [7, 11) is 1.25. The molecule has 10 nitrogen and oxygen atoms in total. The molecule has 32 heavy (non-hydrogen) atoms. The molecule has 0 radical (unpaired) electrons. The van der Waals surface area contributed by atoms with Gasteiger partial charge in [-0.05, 0) is 24.6 Å². The zero-order chi connectivity index (χ0) is 23.2. The Morgan fingerprint density at radius 3 is 2.34 bits per heavy atom. The van der Waals surface area contributed by atoms with Crippen LogP contribution in [0.25, 0.3) is 22.1 Å². The lowest BCUT2D eigenvalue weighted by Gasteiger charge is -2.39. The lowest BCUT2D eigenvalue weighted by Crippen LogP contribution is -2.58. The van der Waals surface area contributed by atoms with Crippen molar-refractivity contribution in [1.82, 2.24) is 0 Å². The predicted octanol–water partition coefficient (Wildman–Crippen LogP) is 1.09. The Morgan fingerprint density at radius 2 is 1.69 bits per heavy atom. The van der Waals surface area contributed by atoms with Crippen LogP contribution in [0.2, 0.25) is 0 Å². The second-order valence-corrected chi connectivity index (χ2v) is 7.45. The second kappa shape index (κ2) is 8.32. The van der Waals surface area contributed by atoms with Crippen molar-refractivity contribution in [1.29, 1.82) is 0 Å². The van der Waals surface area contributed by atoms with Crippen molar-refractivity contribution >= 4 is 11.0 Å². The molecule has 0 spiro atoms. The Balaban J connectivity index is 1.78. The van der Waals surface area contributed by atoms with Gasteiger partial charge in [0.1, 0.15) is 41.3 Å². The molecule has 0 saturated carbocycles. The first-order chi connectivity index (χ1) is 15.2. The van der Waals surface area contributed by atoms with Crippen molar-refractivity contribution < 1.29 is 44.2 Å². The summed E-state index contributed by atoms with van der Waals surface area (Å²) in [6, 6.07) is 7.17. The minimum atomic E-state index is -1.59. The van der Waals surface area contributed by atoms with Gasteiger partial charge in [0.25, 0.3) is 0 Å². The van der Waals surface area contributed by atoms with Crippen LogP contribution < -0.4 is 14.9 Å². The minimum absolute atomic E-state index is 0.0234. The Bertz CT molecular complexity index is 1190. The molecule has 0 bridgehead atoms. The molecular formula is C22H22O10. The van der Waals surface area contributed by atoms with E-state index in [1.54, 1.807) is 0 Å². The molecule has 0 unspecified atom stereocenters. The topological polar surface area (TPSA) is 159 Å². The lowest BCUT2D eigenvalue weighted by atomic mass is 10.00. The third kappa shape index (κ3) is 3.63. The molecule has 2 heterocycles. The average molecular weight is 446 g/mol. The molecule has 2 aromatic carbocycles. The van der Waals surface area contributed by atoms with Gasteiger partial charge in [-0.25, -0.2) is 0 Å². The van der Waals surface area contributed by atoms with Gasteiger partial charge < -0.3 is 44.2 Å². The van der Waals surface area contributed by atoms with E-state index in [1.807, 2.05) is 0 Å². The number of methoxy groups -OCH3 is 1. The van der Waals surface area contributed by atoms with E-state index in [4.69, 9.17) is 18.6 Å². The third-order valence-corrected chi connectivity index (χ3v) is 5.39. The molecule has 170 valence electrons. The van der Waals surface area contributed by atoms with Gasteiger partial charge in [-0.1, -0.05) is 12.1 Å². The smallest absolute Gasteiger partial charge is 0.229 e. The van der Waals surface area contributed by atoms with Gasteiger partial charge in [0.15, 0.2) is 11.5 Å². The van der Waals surface area contributed by atoms with Crippen LogP contribution in [0.5, 0.6) is 23.0 Å². The van der Waals surface area contributed by atoms with Gasteiger partial charge in [0.2, 0.25) is 17.5 Å². The summed E-state index contributed by atoms with van der Waals surface area (Å²) in [4.78, 5) is 13.1. The molecule has 1 aromatic heterocycles. The van der Waals surface area contributed by atoms with Crippen LogP contribution in [-0.4, -0.2) is 63.3 Å². The number of phenols is 2. The summed E-state index contributed by atoms with van der Waals surface area (Å²) in [5.74, 6) is -0.841. The first kappa shape index (κ1) is 21.9. The Labute approximate surface area is 181 Å². The van der Waals surface area contributed by atoms with Gasteiger partial charge in [-0.2, -0.15) is 0 Å². The van der Waals surface area contributed by atoms with E-state index in [0.717, 1.165) is 0 Å². The number of rotatable bonds is 4. The predicted molar refractivity (Wildman–Crippen MR) is 111 cm³/mol. The number of ether oxygens (including phenoxy) is 3. The van der Waals surface area contributed by atoms with Crippen LogP contribution in [-0.2, 0) is 4.74 Å². The number of hydrogen-bond donors (Lipinski definition) is 5. The summed E-state index contributed by atoms with van der Waals surface area (Å²) in [6.45, 7) is 1.50. The van der Waals surface area contributed by atoms with Crippen molar-refractivity contribution in [2.45, 2.75) is 37.6 Å². The lowest BCUT2D eigenvalue weighted by molar-refractivity contribution is -0.268. The third-order valence-electron chi connectivity index (χ3n) is 5.39. The number of aromatic hydroxyl groups is 2. The summed E-state index contributed by atoms with van der Waals surface area (Å²) in [6.07, 6.45) is -5.45. The quantitative estimate of drug-likeness (QED) is 0.393. The Morgan fingerprint density at radius 1 is 1.00 bits per heavy atom. The van der Waals surface area contributed by atoms with E-state index >= 15 is 0 Å². The number of benzene rings is 2. The van der Waals surface area contributed by atoms with Crippen molar-refractivity contribution in [2.75, 3.05) is 7.11 Å². The monoisotopic (exact) mass is 446 g/mol. The average Bonchev–Trinajstić information content (AvgIpc) is 2.77. The Kier molecular flexibility index (Phi) is 5.70. The maximum Gasteiger partial charge on any atom is 0.229 e. The first-order valence-electron chi connectivity index (χ1n) is 9.74. The van der Waals surface area contributed by atoms with Gasteiger partial charge in [-0.15, -0.1) is 0 Å². The van der Waals surface area contributed by atoms with E-state index in [-0.39, 0.29) is 33.8 Å². The van der Waals surface area contributed by atoms with Gasteiger partial charge in [0, 0.05) is 6.07 Å². The molecule has 1 fully saturated rings. The van der Waals surface area contributed by atoms with Crippen LogP contribution in [0.1, 0.15) is 6.92 Å². The van der Waals surface area contributed by atoms with Crippen molar-refractivity contribution in [3.8, 4) is 34.1 Å². The highest BCUT2D eigenvalue weighted by Crippen LogP contribution is 2.43. The summed E-state index contributed by atoms with van der Waals surface area (Å²) in [5.41, 5.74) is 0.0584. The second-order valence-electron chi connectivity index (χ2n) is 7.45. The molecule has 5 N–H and O–H groups in total. The summed E-state index contributed by atoms with van der Waals surface area (Å²) < 4.78 is 21.8. The zero-order valence-electron chi connectivity index (χ0n) is 17.1. The summed E-state index contributed by atoms with van der Waals surface area (Å²) in [5, 5.41) is 50.1. The molecule has 1 aliphatic heterocycles. The molecular weight excluding hydrogens is 424 g/mol. The van der Waals surface area contributed by atoms with Crippen molar-refractivity contribution in [2.24, 2.45) is 0 Å². The molecule has 3 aromatic rings. The summed E-state index contributed by atoms with van der Waals surface area (Å²) >= 11 is 0. The SMILES string of the molecule is COc1c(O[C@@H]2O[C@H](C)[C@@H](O)[C@H](O)[C@H]2O)cc2occ(-c3ccc(O)cc3)c(=O)c2c1O.